The van der Waals surface area contributed by atoms with Crippen LogP contribution in [0.15, 0.2) is 45.9 Å². The van der Waals surface area contributed by atoms with Gasteiger partial charge in [-0.15, -0.1) is 0 Å². The number of nitrogens with zero attached hydrogens (tertiary/aromatic N) is 4. The number of fused-ring (bicyclic) bond motifs is 3. The van der Waals surface area contributed by atoms with Crippen LogP contribution in [0.5, 0.6) is 0 Å². The van der Waals surface area contributed by atoms with Crippen LogP contribution in [0, 0.1) is 19.8 Å². The van der Waals surface area contributed by atoms with Gasteiger partial charge in [-0.2, -0.15) is 0 Å². The molecule has 2 fully saturated rings. The van der Waals surface area contributed by atoms with Gasteiger partial charge in [0.1, 0.15) is 5.58 Å². The molecule has 1 aromatic carbocycles. The van der Waals surface area contributed by atoms with Crippen molar-refractivity contribution >= 4 is 22.3 Å². The molecule has 7 nitrogen and oxygen atoms in total. The monoisotopic (exact) mass is 415 g/mol. The highest BCUT2D eigenvalue weighted by Crippen LogP contribution is 2.31. The van der Waals surface area contributed by atoms with Crippen molar-refractivity contribution in [2.75, 3.05) is 24.5 Å². The molecular weight excluding hydrogens is 390 g/mol. The average molecular weight is 415 g/mol. The number of aryl methyl sites for hydroxylation is 2. The van der Waals surface area contributed by atoms with E-state index in [1.54, 1.807) is 0 Å². The smallest absolute Gasteiger partial charge is 0.345 e. The highest BCUT2D eigenvalue weighted by atomic mass is 16.4. The van der Waals surface area contributed by atoms with Crippen LogP contribution in [0.25, 0.3) is 27.9 Å². The van der Waals surface area contributed by atoms with Gasteiger partial charge in [0.15, 0.2) is 5.65 Å². The number of anilines is 1. The third-order valence-corrected chi connectivity index (χ3v) is 6.69. The molecule has 0 unspecified atom stereocenters. The number of piperidine rings is 1. The van der Waals surface area contributed by atoms with Gasteiger partial charge < -0.3 is 19.0 Å². The lowest BCUT2D eigenvalue weighted by Crippen LogP contribution is -2.40. The standard InChI is InChI=1S/C24H25N5O2/c1-14-10-29-13-21(27-23(29)15(2)26-14)19-8-16-5-6-18(9-22(16)31-24(19)30)28-11-17-4-3-7-25-20(17)12-28/h5-6,8-10,13,17,20,25H,3-4,7,11-12H2,1-2H3/t17-,20+/m0/s1. The molecule has 5 heterocycles. The summed E-state index contributed by atoms with van der Waals surface area (Å²) >= 11 is 0. The maximum Gasteiger partial charge on any atom is 0.345 e. The van der Waals surface area contributed by atoms with E-state index < -0.39 is 0 Å². The molecule has 0 radical (unpaired) electrons. The van der Waals surface area contributed by atoms with Crippen molar-refractivity contribution in [2.45, 2.75) is 32.7 Å². The minimum absolute atomic E-state index is 0.368. The van der Waals surface area contributed by atoms with E-state index in [0.29, 0.717) is 28.8 Å². The summed E-state index contributed by atoms with van der Waals surface area (Å²) < 4.78 is 7.67. The normalized spacial score (nSPS) is 21.2. The Hall–Kier alpha value is -3.19. The Bertz CT molecular complexity index is 1360. The number of benzene rings is 1. The van der Waals surface area contributed by atoms with E-state index in [4.69, 9.17) is 4.42 Å². The zero-order valence-corrected chi connectivity index (χ0v) is 17.8. The van der Waals surface area contributed by atoms with Gasteiger partial charge in [-0.25, -0.2) is 9.78 Å². The fraction of sp³-hybridized carbons (Fsp3) is 0.375. The van der Waals surface area contributed by atoms with E-state index in [1.807, 2.05) is 48.8 Å². The Labute approximate surface area is 179 Å². The zero-order valence-electron chi connectivity index (χ0n) is 17.8. The summed E-state index contributed by atoms with van der Waals surface area (Å²) in [6.07, 6.45) is 6.31. The van der Waals surface area contributed by atoms with Gasteiger partial charge in [0.05, 0.1) is 22.6 Å². The summed E-state index contributed by atoms with van der Waals surface area (Å²) in [6, 6.07) is 8.62. The van der Waals surface area contributed by atoms with E-state index in [1.165, 1.54) is 12.8 Å². The third-order valence-electron chi connectivity index (χ3n) is 6.69. The molecule has 3 aromatic heterocycles. The van der Waals surface area contributed by atoms with Gasteiger partial charge in [0.25, 0.3) is 0 Å². The second-order valence-electron chi connectivity index (χ2n) is 8.86. The van der Waals surface area contributed by atoms with Gasteiger partial charge in [0.2, 0.25) is 0 Å². The topological polar surface area (TPSA) is 75.7 Å². The van der Waals surface area contributed by atoms with Crippen LogP contribution < -0.4 is 15.8 Å². The predicted octanol–water partition coefficient (Wildman–Crippen LogP) is 3.31. The molecule has 0 saturated carbocycles. The number of hydrogen-bond donors (Lipinski definition) is 1. The number of hydrogen-bond acceptors (Lipinski definition) is 6. The predicted molar refractivity (Wildman–Crippen MR) is 121 cm³/mol. The van der Waals surface area contributed by atoms with Crippen LogP contribution >= 0.6 is 0 Å². The Balaban J connectivity index is 1.37. The molecule has 31 heavy (non-hydrogen) atoms. The quantitative estimate of drug-likeness (QED) is 0.506. The molecule has 0 aliphatic carbocycles. The van der Waals surface area contributed by atoms with Crippen molar-refractivity contribution < 1.29 is 4.42 Å². The van der Waals surface area contributed by atoms with E-state index in [2.05, 4.69) is 26.3 Å². The SMILES string of the molecule is Cc1cn2cc(-c3cc4ccc(N5C[C@@H]6CCCN[C@@H]6C5)cc4oc3=O)nc2c(C)n1. The average Bonchev–Trinajstić information content (AvgIpc) is 3.37. The molecule has 7 heteroatoms. The van der Waals surface area contributed by atoms with E-state index in [0.717, 1.165) is 47.7 Å². The number of rotatable bonds is 2. The molecular formula is C24H25N5O2. The van der Waals surface area contributed by atoms with Gasteiger partial charge in [-0.05, 0) is 57.4 Å². The molecule has 158 valence electrons. The molecule has 6 rings (SSSR count). The molecule has 2 saturated heterocycles. The molecule has 2 aliphatic rings. The summed E-state index contributed by atoms with van der Waals surface area (Å²) in [6.45, 7) is 7.04. The number of aromatic nitrogens is 3. The lowest BCUT2D eigenvalue weighted by molar-refractivity contribution is 0.340. The van der Waals surface area contributed by atoms with Crippen LogP contribution in [-0.4, -0.2) is 40.0 Å². The Morgan fingerprint density at radius 3 is 2.90 bits per heavy atom. The van der Waals surface area contributed by atoms with Crippen LogP contribution in [0.1, 0.15) is 24.2 Å². The van der Waals surface area contributed by atoms with E-state index >= 15 is 0 Å². The van der Waals surface area contributed by atoms with Crippen LogP contribution in [0.3, 0.4) is 0 Å². The first kappa shape index (κ1) is 18.6. The highest BCUT2D eigenvalue weighted by molar-refractivity contribution is 5.84. The second-order valence-corrected chi connectivity index (χ2v) is 8.86. The summed E-state index contributed by atoms with van der Waals surface area (Å²) in [5.74, 6) is 0.704. The Morgan fingerprint density at radius 1 is 1.13 bits per heavy atom. The zero-order chi connectivity index (χ0) is 21.1. The third kappa shape index (κ3) is 3.11. The van der Waals surface area contributed by atoms with E-state index in [9.17, 15) is 4.79 Å². The largest absolute Gasteiger partial charge is 0.422 e. The first-order valence-corrected chi connectivity index (χ1v) is 10.9. The number of nitrogens with one attached hydrogen (secondary N) is 1. The van der Waals surface area contributed by atoms with Crippen molar-refractivity contribution in [3.63, 3.8) is 0 Å². The van der Waals surface area contributed by atoms with Crippen molar-refractivity contribution in [1.29, 1.82) is 0 Å². The Morgan fingerprint density at radius 2 is 2.03 bits per heavy atom. The fourth-order valence-corrected chi connectivity index (χ4v) is 5.17. The first-order chi connectivity index (χ1) is 15.0. The van der Waals surface area contributed by atoms with Crippen LogP contribution in [-0.2, 0) is 0 Å². The maximum atomic E-state index is 12.8. The lowest BCUT2D eigenvalue weighted by atomic mass is 9.94. The first-order valence-electron chi connectivity index (χ1n) is 10.9. The number of imidazole rings is 1. The fourth-order valence-electron chi connectivity index (χ4n) is 5.17. The second kappa shape index (κ2) is 6.92. The summed E-state index contributed by atoms with van der Waals surface area (Å²) in [5.41, 5.74) is 4.93. The van der Waals surface area contributed by atoms with E-state index in [-0.39, 0.29) is 5.63 Å². The maximum absolute atomic E-state index is 12.8. The van der Waals surface area contributed by atoms with Gasteiger partial charge in [-0.3, -0.25) is 4.98 Å². The van der Waals surface area contributed by atoms with Gasteiger partial charge in [0, 0.05) is 48.7 Å². The van der Waals surface area contributed by atoms with Crippen LogP contribution in [0.4, 0.5) is 5.69 Å². The van der Waals surface area contributed by atoms with Crippen molar-refractivity contribution in [3.05, 3.63) is 58.5 Å². The van der Waals surface area contributed by atoms with Crippen LogP contribution in [0.2, 0.25) is 0 Å². The summed E-state index contributed by atoms with van der Waals surface area (Å²) in [7, 11) is 0. The van der Waals surface area contributed by atoms with Crippen molar-refractivity contribution in [3.8, 4) is 11.3 Å². The molecule has 2 aliphatic heterocycles. The van der Waals surface area contributed by atoms with Gasteiger partial charge >= 0.3 is 5.63 Å². The van der Waals surface area contributed by atoms with Crippen molar-refractivity contribution in [1.82, 2.24) is 19.7 Å². The molecule has 2 atom stereocenters. The van der Waals surface area contributed by atoms with Crippen molar-refractivity contribution in [2.24, 2.45) is 5.92 Å². The molecule has 0 bridgehead atoms. The molecule has 0 spiro atoms. The Kier molecular flexibility index (Phi) is 4.14. The van der Waals surface area contributed by atoms with Gasteiger partial charge in [-0.1, -0.05) is 0 Å². The molecule has 4 aromatic rings. The molecule has 0 amide bonds. The minimum atomic E-state index is -0.368. The summed E-state index contributed by atoms with van der Waals surface area (Å²) in [4.78, 5) is 24.3. The molecule has 1 N–H and O–H groups in total. The minimum Gasteiger partial charge on any atom is -0.422 e. The lowest BCUT2D eigenvalue weighted by Gasteiger charge is -2.24. The highest BCUT2D eigenvalue weighted by Gasteiger charge is 2.34. The summed E-state index contributed by atoms with van der Waals surface area (Å²) in [5, 5.41) is 4.54.